The van der Waals surface area contributed by atoms with Gasteiger partial charge in [-0.05, 0) is 24.1 Å². The SMILES string of the molecule is C=C1C=CC=CN=C1C/C=C/C=C\C(=C/C)CC(=O)OC. The van der Waals surface area contributed by atoms with Crippen LogP contribution in [0, 0.1) is 0 Å². The molecule has 110 valence electrons. The number of methoxy groups -OCH3 is 1. The second-order valence-corrected chi connectivity index (χ2v) is 4.41. The average molecular weight is 283 g/mol. The molecule has 0 saturated heterocycles. The highest BCUT2D eigenvalue weighted by atomic mass is 16.5. The van der Waals surface area contributed by atoms with Crippen molar-refractivity contribution in [2.45, 2.75) is 19.8 Å². The van der Waals surface area contributed by atoms with Crippen LogP contribution in [0.5, 0.6) is 0 Å². The lowest BCUT2D eigenvalue weighted by Gasteiger charge is -2.00. The minimum atomic E-state index is -0.237. The first-order valence-corrected chi connectivity index (χ1v) is 6.81. The van der Waals surface area contributed by atoms with Crippen molar-refractivity contribution in [2.75, 3.05) is 7.11 Å². The van der Waals surface area contributed by atoms with Gasteiger partial charge in [0.1, 0.15) is 0 Å². The quantitative estimate of drug-likeness (QED) is 0.544. The fourth-order valence-corrected chi connectivity index (χ4v) is 1.65. The Morgan fingerprint density at radius 1 is 1.38 bits per heavy atom. The van der Waals surface area contributed by atoms with E-state index in [1.807, 2.05) is 55.5 Å². The van der Waals surface area contributed by atoms with Crippen molar-refractivity contribution in [3.05, 3.63) is 72.5 Å². The normalized spacial score (nSPS) is 15.6. The third-order valence-corrected chi connectivity index (χ3v) is 2.91. The van der Waals surface area contributed by atoms with E-state index in [1.54, 1.807) is 6.20 Å². The molecule has 0 radical (unpaired) electrons. The van der Waals surface area contributed by atoms with Gasteiger partial charge in [-0.1, -0.05) is 49.1 Å². The number of nitrogens with zero attached hydrogens (tertiary/aromatic N) is 1. The van der Waals surface area contributed by atoms with E-state index in [9.17, 15) is 4.79 Å². The number of hydrogen-bond acceptors (Lipinski definition) is 3. The highest BCUT2D eigenvalue weighted by Crippen LogP contribution is 2.08. The first-order chi connectivity index (χ1) is 10.2. The Balaban J connectivity index is 2.50. The largest absolute Gasteiger partial charge is 0.469 e. The van der Waals surface area contributed by atoms with E-state index in [0.717, 1.165) is 23.3 Å². The molecule has 0 aromatic heterocycles. The third-order valence-electron chi connectivity index (χ3n) is 2.91. The van der Waals surface area contributed by atoms with Crippen molar-refractivity contribution in [1.82, 2.24) is 0 Å². The van der Waals surface area contributed by atoms with Gasteiger partial charge < -0.3 is 4.74 Å². The number of carbonyl (C=O) groups excluding carboxylic acids is 1. The second-order valence-electron chi connectivity index (χ2n) is 4.41. The molecule has 0 atom stereocenters. The molecule has 0 N–H and O–H groups in total. The van der Waals surface area contributed by atoms with Gasteiger partial charge in [0, 0.05) is 12.6 Å². The maximum absolute atomic E-state index is 11.2. The van der Waals surface area contributed by atoms with Gasteiger partial charge in [-0.3, -0.25) is 9.79 Å². The number of rotatable bonds is 6. The molecule has 0 aromatic rings. The summed E-state index contributed by atoms with van der Waals surface area (Å²) in [6.07, 6.45) is 18.2. The summed E-state index contributed by atoms with van der Waals surface area (Å²) in [5.41, 5.74) is 2.80. The van der Waals surface area contributed by atoms with Crippen molar-refractivity contribution in [3.63, 3.8) is 0 Å². The lowest BCUT2D eigenvalue weighted by atomic mass is 10.1. The molecule has 1 aliphatic heterocycles. The number of hydrogen-bond donors (Lipinski definition) is 0. The van der Waals surface area contributed by atoms with Crippen molar-refractivity contribution in [1.29, 1.82) is 0 Å². The summed E-state index contributed by atoms with van der Waals surface area (Å²) in [5, 5.41) is 0. The van der Waals surface area contributed by atoms with Gasteiger partial charge in [0.15, 0.2) is 0 Å². The first kappa shape index (κ1) is 16.6. The third kappa shape index (κ3) is 6.52. The van der Waals surface area contributed by atoms with E-state index >= 15 is 0 Å². The molecule has 0 fully saturated rings. The molecule has 0 unspecified atom stereocenters. The van der Waals surface area contributed by atoms with Crippen LogP contribution in [0.4, 0.5) is 0 Å². The van der Waals surface area contributed by atoms with Gasteiger partial charge in [-0.2, -0.15) is 0 Å². The summed E-state index contributed by atoms with van der Waals surface area (Å²) in [5.74, 6) is -0.237. The molecule has 0 saturated carbocycles. The predicted octanol–water partition coefficient (Wildman–Crippen LogP) is 4.08. The molecular formula is C18H21NO2. The van der Waals surface area contributed by atoms with Crippen molar-refractivity contribution in [2.24, 2.45) is 4.99 Å². The first-order valence-electron chi connectivity index (χ1n) is 6.81. The molecular weight excluding hydrogens is 262 g/mol. The zero-order valence-electron chi connectivity index (χ0n) is 12.6. The summed E-state index contributed by atoms with van der Waals surface area (Å²) < 4.78 is 4.64. The summed E-state index contributed by atoms with van der Waals surface area (Å²) >= 11 is 0. The average Bonchev–Trinajstić information content (AvgIpc) is 2.70. The Labute approximate surface area is 126 Å². The number of esters is 1. The minimum Gasteiger partial charge on any atom is -0.469 e. The highest BCUT2D eigenvalue weighted by Gasteiger charge is 2.01. The lowest BCUT2D eigenvalue weighted by molar-refractivity contribution is -0.139. The zero-order chi connectivity index (χ0) is 15.5. The molecule has 21 heavy (non-hydrogen) atoms. The van der Waals surface area contributed by atoms with E-state index in [2.05, 4.69) is 16.3 Å². The smallest absolute Gasteiger partial charge is 0.309 e. The molecule has 1 heterocycles. The van der Waals surface area contributed by atoms with Crippen LogP contribution in [0.2, 0.25) is 0 Å². The van der Waals surface area contributed by atoms with Crippen molar-refractivity contribution >= 4 is 11.7 Å². The van der Waals surface area contributed by atoms with Crippen molar-refractivity contribution in [3.8, 4) is 0 Å². The van der Waals surface area contributed by atoms with E-state index in [4.69, 9.17) is 0 Å². The van der Waals surface area contributed by atoms with Crippen LogP contribution in [0.15, 0.2) is 77.5 Å². The minimum absolute atomic E-state index is 0.237. The Hall–Kier alpha value is -2.42. The Morgan fingerprint density at radius 3 is 2.90 bits per heavy atom. The molecule has 1 aliphatic rings. The predicted molar refractivity (Wildman–Crippen MR) is 88.1 cm³/mol. The van der Waals surface area contributed by atoms with Crippen LogP contribution in [0.1, 0.15) is 19.8 Å². The molecule has 3 heteroatoms. The van der Waals surface area contributed by atoms with Gasteiger partial charge >= 0.3 is 5.97 Å². The van der Waals surface area contributed by atoms with E-state index in [0.29, 0.717) is 0 Å². The number of ether oxygens (including phenoxy) is 1. The Morgan fingerprint density at radius 2 is 2.19 bits per heavy atom. The van der Waals surface area contributed by atoms with E-state index in [-0.39, 0.29) is 12.4 Å². The fourth-order valence-electron chi connectivity index (χ4n) is 1.65. The zero-order valence-corrected chi connectivity index (χ0v) is 12.6. The summed E-state index contributed by atoms with van der Waals surface area (Å²) in [4.78, 5) is 15.5. The molecule has 0 spiro atoms. The molecule has 1 rings (SSSR count). The molecule has 0 aromatic carbocycles. The van der Waals surface area contributed by atoms with Gasteiger partial charge in [0.25, 0.3) is 0 Å². The standard InChI is InChI=1S/C18H21NO2/c1-4-16(14-18(20)21-3)11-6-5-7-12-17-15(2)10-8-9-13-19-17/h4-11,13H,2,12,14H2,1,3H3/b7-5+,11-6-,16-4+. The van der Waals surface area contributed by atoms with Gasteiger partial charge in [0.05, 0.1) is 19.2 Å². The fraction of sp³-hybridized carbons (Fsp3) is 0.222. The second kappa shape index (κ2) is 9.48. The highest BCUT2D eigenvalue weighted by molar-refractivity contribution is 6.03. The van der Waals surface area contributed by atoms with E-state index < -0.39 is 0 Å². The summed E-state index contributed by atoms with van der Waals surface area (Å²) in [7, 11) is 1.39. The Kier molecular flexibility index (Phi) is 7.51. The van der Waals surface area contributed by atoms with Gasteiger partial charge in [-0.25, -0.2) is 0 Å². The number of carbonyl (C=O) groups is 1. The number of allylic oxidation sites excluding steroid dienone is 9. The van der Waals surface area contributed by atoms with Crippen molar-refractivity contribution < 1.29 is 9.53 Å². The van der Waals surface area contributed by atoms with Crippen LogP contribution in [0.25, 0.3) is 0 Å². The molecule has 0 amide bonds. The Bertz CT molecular complexity index is 558. The van der Waals surface area contributed by atoms with Crippen LogP contribution in [-0.4, -0.2) is 18.8 Å². The molecule has 0 bridgehead atoms. The maximum atomic E-state index is 11.2. The monoisotopic (exact) mass is 283 g/mol. The van der Waals surface area contributed by atoms with Crippen LogP contribution in [0.3, 0.4) is 0 Å². The van der Waals surface area contributed by atoms with Crippen LogP contribution >= 0.6 is 0 Å². The molecule has 3 nitrogen and oxygen atoms in total. The van der Waals surface area contributed by atoms with Crippen LogP contribution < -0.4 is 0 Å². The van der Waals surface area contributed by atoms with Gasteiger partial charge in [-0.15, -0.1) is 0 Å². The van der Waals surface area contributed by atoms with E-state index in [1.165, 1.54) is 7.11 Å². The van der Waals surface area contributed by atoms with Crippen LogP contribution in [-0.2, 0) is 9.53 Å². The summed E-state index contributed by atoms with van der Waals surface area (Å²) in [6, 6.07) is 0. The lowest BCUT2D eigenvalue weighted by Crippen LogP contribution is -2.00. The van der Waals surface area contributed by atoms with Gasteiger partial charge in [0.2, 0.25) is 0 Å². The summed E-state index contributed by atoms with van der Waals surface area (Å²) in [6.45, 7) is 5.87. The molecule has 0 aliphatic carbocycles. The number of aliphatic imine (C=N–C) groups is 1. The topological polar surface area (TPSA) is 38.7 Å². The maximum Gasteiger partial charge on any atom is 0.309 e.